The predicted molar refractivity (Wildman–Crippen MR) is 122 cm³/mol. The lowest BCUT2D eigenvalue weighted by molar-refractivity contribution is -0.151. The summed E-state index contributed by atoms with van der Waals surface area (Å²) in [6.45, 7) is 0.562. The number of allylic oxidation sites excluding steroid dienone is 2. The number of fused-ring (bicyclic) bond motifs is 2. The van der Waals surface area contributed by atoms with E-state index >= 15 is 0 Å². The number of unbranched alkanes of at least 4 members (excludes halogenated alkanes) is 1. The Bertz CT molecular complexity index is 965. The van der Waals surface area contributed by atoms with Crippen molar-refractivity contribution in [1.29, 1.82) is 0 Å². The Labute approximate surface area is 189 Å². The predicted octanol–water partition coefficient (Wildman–Crippen LogP) is 5.00. The van der Waals surface area contributed by atoms with E-state index in [1.807, 2.05) is 18.2 Å². The van der Waals surface area contributed by atoms with E-state index in [2.05, 4.69) is 53.3 Å². The standard InChI is InChI=1S/C27H30O5/c1-31-24(28)12-8-3-2-7-11-22-25(26(29)30)23-17-27(22,18-32-23)21-15-13-20(14-16-21)19-9-5-4-6-10-19/h2,4-7,9-10,13-16,22-23,25H,3,8,11-12,17-18H2,1H3,(H,29,30)/t22-,23-,25-,27-/m0/s1. The van der Waals surface area contributed by atoms with Crippen LogP contribution in [0.15, 0.2) is 66.7 Å². The van der Waals surface area contributed by atoms with Gasteiger partial charge in [0.15, 0.2) is 0 Å². The van der Waals surface area contributed by atoms with Gasteiger partial charge < -0.3 is 14.6 Å². The van der Waals surface area contributed by atoms with Crippen LogP contribution < -0.4 is 0 Å². The minimum Gasteiger partial charge on any atom is -0.481 e. The average molecular weight is 435 g/mol. The zero-order chi connectivity index (χ0) is 22.6. The monoisotopic (exact) mass is 434 g/mol. The van der Waals surface area contributed by atoms with Crippen LogP contribution in [0.5, 0.6) is 0 Å². The third kappa shape index (κ3) is 4.35. The lowest BCUT2D eigenvalue weighted by Gasteiger charge is -2.37. The van der Waals surface area contributed by atoms with Gasteiger partial charge in [0.25, 0.3) is 0 Å². The van der Waals surface area contributed by atoms with Crippen molar-refractivity contribution in [3.8, 4) is 11.1 Å². The van der Waals surface area contributed by atoms with E-state index in [1.54, 1.807) is 0 Å². The molecule has 0 spiro atoms. The molecule has 5 heteroatoms. The number of carbonyl (C=O) groups excluding carboxylic acids is 1. The molecule has 2 aliphatic rings. The molecule has 2 aromatic rings. The van der Waals surface area contributed by atoms with Crippen molar-refractivity contribution in [2.24, 2.45) is 11.8 Å². The summed E-state index contributed by atoms with van der Waals surface area (Å²) >= 11 is 0. The van der Waals surface area contributed by atoms with E-state index in [-0.39, 0.29) is 23.4 Å². The molecule has 4 atom stereocenters. The molecule has 1 saturated carbocycles. The Morgan fingerprint density at radius 3 is 2.50 bits per heavy atom. The van der Waals surface area contributed by atoms with E-state index < -0.39 is 11.9 Å². The smallest absolute Gasteiger partial charge is 0.309 e. The molecule has 32 heavy (non-hydrogen) atoms. The van der Waals surface area contributed by atoms with Crippen molar-refractivity contribution in [3.05, 3.63) is 72.3 Å². The minimum absolute atomic E-state index is 0.0156. The largest absolute Gasteiger partial charge is 0.481 e. The van der Waals surface area contributed by atoms with Gasteiger partial charge in [0.05, 0.1) is 25.7 Å². The summed E-state index contributed by atoms with van der Waals surface area (Å²) in [7, 11) is 1.40. The fourth-order valence-electron chi connectivity index (χ4n) is 5.40. The number of hydrogen-bond acceptors (Lipinski definition) is 4. The van der Waals surface area contributed by atoms with E-state index in [4.69, 9.17) is 4.74 Å². The fraction of sp³-hybridized carbons (Fsp3) is 0.407. The molecule has 5 nitrogen and oxygen atoms in total. The van der Waals surface area contributed by atoms with Crippen molar-refractivity contribution < 1.29 is 24.2 Å². The van der Waals surface area contributed by atoms with Crippen LogP contribution in [-0.2, 0) is 24.5 Å². The second-order valence-corrected chi connectivity index (χ2v) is 8.80. The van der Waals surface area contributed by atoms with Gasteiger partial charge in [0.1, 0.15) is 0 Å². The van der Waals surface area contributed by atoms with Gasteiger partial charge >= 0.3 is 11.9 Å². The summed E-state index contributed by atoms with van der Waals surface area (Å²) in [4.78, 5) is 23.3. The third-order valence-electron chi connectivity index (χ3n) is 7.05. The first-order valence-electron chi connectivity index (χ1n) is 11.3. The van der Waals surface area contributed by atoms with Crippen LogP contribution in [0.25, 0.3) is 11.1 Å². The van der Waals surface area contributed by atoms with Crippen molar-refractivity contribution in [2.45, 2.75) is 43.6 Å². The number of carboxylic acids is 1. The topological polar surface area (TPSA) is 72.8 Å². The van der Waals surface area contributed by atoms with Gasteiger partial charge in [-0.25, -0.2) is 0 Å². The van der Waals surface area contributed by atoms with Crippen LogP contribution in [0.3, 0.4) is 0 Å². The van der Waals surface area contributed by atoms with Gasteiger partial charge in [-0.15, -0.1) is 0 Å². The van der Waals surface area contributed by atoms with Crippen LogP contribution >= 0.6 is 0 Å². The molecule has 1 aliphatic carbocycles. The van der Waals surface area contributed by atoms with Crippen LogP contribution in [0.1, 0.15) is 37.7 Å². The molecule has 0 unspecified atom stereocenters. The molecule has 1 heterocycles. The molecule has 2 fully saturated rings. The van der Waals surface area contributed by atoms with E-state index in [0.717, 1.165) is 30.4 Å². The first-order chi connectivity index (χ1) is 15.5. The number of carbonyl (C=O) groups is 2. The number of hydrogen-bond donors (Lipinski definition) is 1. The summed E-state index contributed by atoms with van der Waals surface area (Å²) < 4.78 is 10.6. The van der Waals surface area contributed by atoms with Crippen molar-refractivity contribution >= 4 is 11.9 Å². The summed E-state index contributed by atoms with van der Waals surface area (Å²) in [5.74, 6) is -1.50. The number of methoxy groups -OCH3 is 1. The number of aliphatic carboxylic acids is 1. The molecule has 4 rings (SSSR count). The minimum atomic E-state index is -0.776. The van der Waals surface area contributed by atoms with E-state index in [0.29, 0.717) is 19.4 Å². The SMILES string of the molecule is COC(=O)CCCC=CC[C@H]1[C@H](C(=O)O)[C@@H]2C[C@@]1(c1ccc(-c3ccccc3)cc1)CO2. The lowest BCUT2D eigenvalue weighted by atomic mass is 9.69. The van der Waals surface area contributed by atoms with Crippen LogP contribution in [0.4, 0.5) is 0 Å². The normalized spacial score (nSPS) is 26.5. The third-order valence-corrected chi connectivity index (χ3v) is 7.05. The quantitative estimate of drug-likeness (QED) is 0.342. The molecule has 168 valence electrons. The maximum Gasteiger partial charge on any atom is 0.309 e. The molecule has 1 saturated heterocycles. The number of rotatable bonds is 9. The van der Waals surface area contributed by atoms with E-state index in [1.165, 1.54) is 12.7 Å². The van der Waals surface area contributed by atoms with Gasteiger partial charge in [-0.3, -0.25) is 9.59 Å². The van der Waals surface area contributed by atoms with E-state index in [9.17, 15) is 14.7 Å². The van der Waals surface area contributed by atoms with Crippen LogP contribution in [0.2, 0.25) is 0 Å². The molecular weight excluding hydrogens is 404 g/mol. The van der Waals surface area contributed by atoms with Gasteiger partial charge in [-0.05, 0) is 48.3 Å². The molecule has 0 aromatic heterocycles. The molecule has 1 N–H and O–H groups in total. The number of ether oxygens (including phenoxy) is 2. The molecule has 2 aromatic carbocycles. The number of benzene rings is 2. The summed E-state index contributed by atoms with van der Waals surface area (Å²) in [5.41, 5.74) is 3.20. The molecule has 1 aliphatic heterocycles. The Hall–Kier alpha value is -2.92. The highest BCUT2D eigenvalue weighted by atomic mass is 16.5. The molecule has 0 amide bonds. The van der Waals surface area contributed by atoms with Crippen molar-refractivity contribution in [1.82, 2.24) is 0 Å². The Kier molecular flexibility index (Phi) is 6.75. The number of carboxylic acid groups (broad SMARTS) is 1. The van der Waals surface area contributed by atoms with Crippen LogP contribution in [-0.4, -0.2) is 36.9 Å². The second kappa shape index (κ2) is 9.70. The summed E-state index contributed by atoms with van der Waals surface area (Å²) in [6, 6.07) is 18.8. The zero-order valence-electron chi connectivity index (χ0n) is 18.4. The molecule has 2 bridgehead atoms. The summed E-state index contributed by atoms with van der Waals surface area (Å²) in [6.07, 6.45) is 7.24. The fourth-order valence-corrected chi connectivity index (χ4v) is 5.40. The highest BCUT2D eigenvalue weighted by molar-refractivity contribution is 5.73. The van der Waals surface area contributed by atoms with Gasteiger partial charge in [-0.2, -0.15) is 0 Å². The Morgan fingerprint density at radius 1 is 1.09 bits per heavy atom. The first-order valence-corrected chi connectivity index (χ1v) is 11.3. The average Bonchev–Trinajstić information content (AvgIpc) is 3.40. The number of esters is 1. The Balaban J connectivity index is 1.51. The highest BCUT2D eigenvalue weighted by Gasteiger charge is 2.61. The van der Waals surface area contributed by atoms with Crippen molar-refractivity contribution in [2.75, 3.05) is 13.7 Å². The molecular formula is C27H30O5. The van der Waals surface area contributed by atoms with Crippen LogP contribution in [0, 0.1) is 11.8 Å². The highest BCUT2D eigenvalue weighted by Crippen LogP contribution is 2.56. The van der Waals surface area contributed by atoms with Gasteiger partial charge in [0, 0.05) is 11.8 Å². The van der Waals surface area contributed by atoms with Gasteiger partial charge in [0.2, 0.25) is 0 Å². The lowest BCUT2D eigenvalue weighted by Crippen LogP contribution is -2.42. The summed E-state index contributed by atoms with van der Waals surface area (Å²) in [5, 5.41) is 9.93. The second-order valence-electron chi connectivity index (χ2n) is 8.80. The Morgan fingerprint density at radius 2 is 1.81 bits per heavy atom. The van der Waals surface area contributed by atoms with Gasteiger partial charge in [-0.1, -0.05) is 66.7 Å². The zero-order valence-corrected chi connectivity index (χ0v) is 18.4. The maximum atomic E-state index is 12.1. The molecule has 0 radical (unpaired) electrons. The van der Waals surface area contributed by atoms with Crippen molar-refractivity contribution in [3.63, 3.8) is 0 Å². The maximum absolute atomic E-state index is 12.1. The first kappa shape index (κ1) is 22.3.